The van der Waals surface area contributed by atoms with Gasteiger partial charge in [0, 0.05) is 38.2 Å². The van der Waals surface area contributed by atoms with Crippen molar-refractivity contribution in [2.75, 3.05) is 38.7 Å². The number of amides is 2. The van der Waals surface area contributed by atoms with Gasteiger partial charge in [0.25, 0.3) is 0 Å². The van der Waals surface area contributed by atoms with Gasteiger partial charge in [-0.25, -0.2) is 4.68 Å². The molecule has 192 valence electrons. The highest BCUT2D eigenvalue weighted by Crippen LogP contribution is 2.29. The van der Waals surface area contributed by atoms with Gasteiger partial charge in [-0.2, -0.15) is 5.10 Å². The molecule has 0 atom stereocenters. The summed E-state index contributed by atoms with van der Waals surface area (Å²) in [6.45, 7) is 8.62. The van der Waals surface area contributed by atoms with Crippen molar-refractivity contribution in [3.05, 3.63) is 41.0 Å². The fourth-order valence-electron chi connectivity index (χ4n) is 3.29. The summed E-state index contributed by atoms with van der Waals surface area (Å²) in [5, 5.41) is 8.04. The van der Waals surface area contributed by atoms with Crippen molar-refractivity contribution in [2.45, 2.75) is 52.4 Å². The molecule has 0 fully saturated rings. The van der Waals surface area contributed by atoms with E-state index in [0.717, 1.165) is 5.69 Å². The molecule has 2 amide bonds. The second kappa shape index (κ2) is 13.3. The zero-order valence-electron chi connectivity index (χ0n) is 21.1. The van der Waals surface area contributed by atoms with Gasteiger partial charge >= 0.3 is 5.97 Å². The molecule has 1 aromatic carbocycles. The normalized spacial score (nSPS) is 11.3. The molecule has 0 unspecified atom stereocenters. The predicted molar refractivity (Wildman–Crippen MR) is 135 cm³/mol. The molecule has 2 rings (SSSR count). The number of hydrogen-bond donors (Lipinski definition) is 1. The second-order valence-corrected chi connectivity index (χ2v) is 9.45. The number of esters is 1. The lowest BCUT2D eigenvalue weighted by Crippen LogP contribution is -2.39. The number of carbonyl (C=O) groups is 3. The molecule has 35 heavy (non-hydrogen) atoms. The molecule has 0 saturated carbocycles. The lowest BCUT2D eigenvalue weighted by molar-refractivity contribution is -0.145. The maximum Gasteiger partial charge on any atom is 0.306 e. The summed E-state index contributed by atoms with van der Waals surface area (Å²) in [6, 6.07) is 9.02. The average Bonchev–Trinajstić information content (AvgIpc) is 3.21. The van der Waals surface area contributed by atoms with E-state index in [0.29, 0.717) is 36.1 Å². The largest absolute Gasteiger partial charge is 0.466 e. The Morgan fingerprint density at radius 1 is 1.17 bits per heavy atom. The van der Waals surface area contributed by atoms with Crippen molar-refractivity contribution in [1.29, 1.82) is 0 Å². The summed E-state index contributed by atoms with van der Waals surface area (Å²) in [4.78, 5) is 38.9. The minimum atomic E-state index is -0.444. The van der Waals surface area contributed by atoms with E-state index in [9.17, 15) is 14.4 Å². The number of carbonyl (C=O) groups excluding carboxylic acids is 3. The first-order chi connectivity index (χ1) is 16.6. The van der Waals surface area contributed by atoms with Crippen molar-refractivity contribution in [1.82, 2.24) is 14.7 Å². The van der Waals surface area contributed by atoms with E-state index in [1.54, 1.807) is 30.8 Å². The summed E-state index contributed by atoms with van der Waals surface area (Å²) >= 11 is 6.39. The zero-order chi connectivity index (χ0) is 26.0. The summed E-state index contributed by atoms with van der Waals surface area (Å²) in [6.07, 6.45) is 0.481. The molecular weight excluding hydrogens is 472 g/mol. The van der Waals surface area contributed by atoms with Crippen LogP contribution in [-0.4, -0.2) is 65.9 Å². The number of aromatic nitrogens is 2. The van der Waals surface area contributed by atoms with Crippen LogP contribution in [0.1, 0.15) is 52.7 Å². The van der Waals surface area contributed by atoms with Gasteiger partial charge < -0.3 is 19.7 Å². The number of benzene rings is 1. The van der Waals surface area contributed by atoms with E-state index in [1.807, 2.05) is 39.0 Å². The molecule has 1 aromatic heterocycles. The van der Waals surface area contributed by atoms with Gasteiger partial charge in [-0.15, -0.1) is 0 Å². The molecule has 0 saturated heterocycles. The Labute approximate surface area is 211 Å². The van der Waals surface area contributed by atoms with Crippen molar-refractivity contribution in [2.24, 2.45) is 0 Å². The van der Waals surface area contributed by atoms with Crippen molar-refractivity contribution in [3.8, 4) is 5.69 Å². The Morgan fingerprint density at radius 2 is 1.89 bits per heavy atom. The minimum Gasteiger partial charge on any atom is -0.466 e. The van der Waals surface area contributed by atoms with Crippen molar-refractivity contribution < 1.29 is 23.9 Å². The molecule has 0 aliphatic rings. The first-order valence-corrected chi connectivity index (χ1v) is 12.0. The van der Waals surface area contributed by atoms with Crippen LogP contribution < -0.4 is 5.32 Å². The Hall–Kier alpha value is -2.91. The molecule has 2 aromatic rings. The third kappa shape index (κ3) is 8.67. The van der Waals surface area contributed by atoms with Crippen LogP contribution in [0.3, 0.4) is 0 Å². The monoisotopic (exact) mass is 506 g/mol. The smallest absolute Gasteiger partial charge is 0.306 e. The first kappa shape index (κ1) is 28.3. The van der Waals surface area contributed by atoms with E-state index in [4.69, 9.17) is 21.1 Å². The molecule has 1 heterocycles. The topological polar surface area (TPSA) is 103 Å². The van der Waals surface area contributed by atoms with E-state index in [-0.39, 0.29) is 43.2 Å². The van der Waals surface area contributed by atoms with Gasteiger partial charge in [0.15, 0.2) is 0 Å². The number of para-hydroxylation sites is 1. The molecule has 9 nitrogen and oxygen atoms in total. The lowest BCUT2D eigenvalue weighted by atomic mass is 9.92. The van der Waals surface area contributed by atoms with Crippen LogP contribution in [0, 0.1) is 0 Å². The van der Waals surface area contributed by atoms with Crippen LogP contribution in [0.15, 0.2) is 30.3 Å². The number of halogens is 1. The summed E-state index contributed by atoms with van der Waals surface area (Å²) in [5.41, 5.74) is 1.14. The molecule has 0 spiro atoms. The third-order valence-electron chi connectivity index (χ3n) is 5.14. The number of hydrogen-bond acceptors (Lipinski definition) is 6. The fourth-order valence-corrected chi connectivity index (χ4v) is 3.51. The number of anilines is 1. The zero-order valence-corrected chi connectivity index (χ0v) is 21.9. The molecule has 0 radical (unpaired) electrons. The number of nitrogens with one attached hydrogen (secondary N) is 1. The Bertz CT molecular complexity index is 1020. The number of rotatable bonds is 12. The molecule has 1 N–H and O–H groups in total. The van der Waals surface area contributed by atoms with Crippen LogP contribution >= 0.6 is 11.6 Å². The Balaban J connectivity index is 2.21. The highest BCUT2D eigenvalue weighted by atomic mass is 35.5. The summed E-state index contributed by atoms with van der Waals surface area (Å²) in [7, 11) is 1.57. The van der Waals surface area contributed by atoms with Gasteiger partial charge in [0.05, 0.1) is 36.0 Å². The Kier molecular flexibility index (Phi) is 10.7. The number of methoxy groups -OCH3 is 1. The molecule has 0 aliphatic heterocycles. The van der Waals surface area contributed by atoms with Crippen LogP contribution in [0.25, 0.3) is 5.69 Å². The second-order valence-electron chi connectivity index (χ2n) is 9.04. The number of ether oxygens (including phenoxy) is 2. The van der Waals surface area contributed by atoms with Crippen molar-refractivity contribution >= 4 is 35.2 Å². The quantitative estimate of drug-likeness (QED) is 0.345. The van der Waals surface area contributed by atoms with Gasteiger partial charge in [-0.05, 0) is 25.5 Å². The maximum absolute atomic E-state index is 13.0. The van der Waals surface area contributed by atoms with Crippen LogP contribution in [0.5, 0.6) is 0 Å². The van der Waals surface area contributed by atoms with Gasteiger partial charge in [-0.1, -0.05) is 44.5 Å². The van der Waals surface area contributed by atoms with Gasteiger partial charge in [0.2, 0.25) is 11.8 Å². The maximum atomic E-state index is 13.0. The standard InChI is InChI=1S/C25H35ClN4O5/c1-6-35-24(33)13-12-23(32)29(14-9-15-34-5)17-22(31)27-21-16-20(25(2,3)4)28-30(21)19-11-8-7-10-18(19)26/h7-8,10-11,16H,6,9,12-15,17H2,1-5H3,(H,27,31). The highest BCUT2D eigenvalue weighted by molar-refractivity contribution is 6.32. The SMILES string of the molecule is CCOC(=O)CCC(=O)N(CCCOC)CC(=O)Nc1cc(C(C)(C)C)nn1-c1ccccc1Cl. The number of nitrogens with zero attached hydrogens (tertiary/aromatic N) is 3. The molecule has 0 aliphatic carbocycles. The molecule has 0 bridgehead atoms. The van der Waals surface area contributed by atoms with Gasteiger partial charge in [-0.3, -0.25) is 14.4 Å². The van der Waals surface area contributed by atoms with Crippen molar-refractivity contribution in [3.63, 3.8) is 0 Å². The minimum absolute atomic E-state index is 0.0369. The van der Waals surface area contributed by atoms with Crippen LogP contribution in [-0.2, 0) is 29.3 Å². The summed E-state index contributed by atoms with van der Waals surface area (Å²) < 4.78 is 11.6. The van der Waals surface area contributed by atoms with Gasteiger partial charge in [0.1, 0.15) is 5.82 Å². The highest BCUT2D eigenvalue weighted by Gasteiger charge is 2.24. The van der Waals surface area contributed by atoms with E-state index in [2.05, 4.69) is 10.4 Å². The van der Waals surface area contributed by atoms with E-state index >= 15 is 0 Å². The fraction of sp³-hybridized carbons (Fsp3) is 0.520. The van der Waals surface area contributed by atoms with E-state index < -0.39 is 5.97 Å². The van der Waals surface area contributed by atoms with Crippen LogP contribution in [0.4, 0.5) is 5.82 Å². The predicted octanol–water partition coefficient (Wildman–Crippen LogP) is 3.97. The molecular formula is C25H35ClN4O5. The van der Waals surface area contributed by atoms with E-state index in [1.165, 1.54) is 4.90 Å². The molecule has 10 heteroatoms. The van der Waals surface area contributed by atoms with Crippen LogP contribution in [0.2, 0.25) is 5.02 Å². The third-order valence-corrected chi connectivity index (χ3v) is 5.46. The average molecular weight is 507 g/mol. The summed E-state index contributed by atoms with van der Waals surface area (Å²) in [5.74, 6) is -0.691. The lowest BCUT2D eigenvalue weighted by Gasteiger charge is -2.22. The first-order valence-electron chi connectivity index (χ1n) is 11.6. The Morgan fingerprint density at radius 3 is 2.51 bits per heavy atom.